The molecule has 0 aromatic heterocycles. The number of esters is 1. The first-order chi connectivity index (χ1) is 9.61. The lowest BCUT2D eigenvalue weighted by atomic mass is 10.2. The first-order valence-electron chi connectivity index (χ1n) is 5.78. The van der Waals surface area contributed by atoms with Crippen LogP contribution in [0.5, 0.6) is 0 Å². The molecule has 0 unspecified atom stereocenters. The number of primary sulfonamides is 1. The van der Waals surface area contributed by atoms with Gasteiger partial charge in [0, 0.05) is 5.69 Å². The van der Waals surface area contributed by atoms with Crippen molar-refractivity contribution in [3.05, 3.63) is 29.8 Å². The Morgan fingerprint density at radius 1 is 1.19 bits per heavy atom. The number of carbonyl (C=O) groups excluding carboxylic acids is 1. The van der Waals surface area contributed by atoms with Gasteiger partial charge in [-0.05, 0) is 17.7 Å². The van der Waals surface area contributed by atoms with E-state index in [9.17, 15) is 21.6 Å². The molecule has 118 valence electrons. The van der Waals surface area contributed by atoms with Gasteiger partial charge in [0.15, 0.2) is 0 Å². The van der Waals surface area contributed by atoms with Gasteiger partial charge >= 0.3 is 5.97 Å². The fourth-order valence-corrected chi connectivity index (χ4v) is 3.14. The number of anilines is 1. The van der Waals surface area contributed by atoms with E-state index in [1.54, 1.807) is 0 Å². The maximum atomic E-state index is 11.7. The van der Waals surface area contributed by atoms with Crippen molar-refractivity contribution in [1.82, 2.24) is 0 Å². The van der Waals surface area contributed by atoms with Crippen LogP contribution in [-0.4, -0.2) is 35.7 Å². The van der Waals surface area contributed by atoms with Gasteiger partial charge in [-0.2, -0.15) is 0 Å². The van der Waals surface area contributed by atoms with Crippen LogP contribution in [0.3, 0.4) is 0 Å². The quantitative estimate of drug-likeness (QED) is 0.661. The first kappa shape index (κ1) is 17.4. The van der Waals surface area contributed by atoms with Crippen molar-refractivity contribution in [2.45, 2.75) is 12.2 Å². The van der Waals surface area contributed by atoms with Crippen LogP contribution in [0.15, 0.2) is 24.3 Å². The maximum Gasteiger partial charge on any atom is 0.306 e. The Labute approximate surface area is 123 Å². The highest BCUT2D eigenvalue weighted by molar-refractivity contribution is 7.92. The third kappa shape index (κ3) is 7.06. The highest BCUT2D eigenvalue weighted by atomic mass is 32.2. The van der Waals surface area contributed by atoms with Gasteiger partial charge < -0.3 is 4.74 Å². The molecule has 0 radical (unpaired) electrons. The smallest absolute Gasteiger partial charge is 0.306 e. The number of ether oxygens (including phenoxy) is 1. The van der Waals surface area contributed by atoms with Crippen molar-refractivity contribution in [1.29, 1.82) is 0 Å². The number of rotatable bonds is 7. The van der Waals surface area contributed by atoms with Crippen LogP contribution in [0, 0.1) is 0 Å². The third-order valence-electron chi connectivity index (χ3n) is 2.40. The van der Waals surface area contributed by atoms with Crippen LogP contribution in [0.25, 0.3) is 0 Å². The molecule has 3 N–H and O–H groups in total. The molecule has 0 atom stereocenters. The Hall–Kier alpha value is -1.65. The second kappa shape index (κ2) is 6.87. The van der Waals surface area contributed by atoms with Gasteiger partial charge in [-0.3, -0.25) is 9.52 Å². The number of benzene rings is 1. The average Bonchev–Trinajstić information content (AvgIpc) is 2.36. The highest BCUT2D eigenvalue weighted by Crippen LogP contribution is 2.13. The van der Waals surface area contributed by atoms with Gasteiger partial charge in [0.2, 0.25) is 20.0 Å². The van der Waals surface area contributed by atoms with Crippen molar-refractivity contribution in [3.63, 3.8) is 0 Å². The fraction of sp³-hybridized carbons (Fsp3) is 0.364. The van der Waals surface area contributed by atoms with Crippen molar-refractivity contribution in [3.8, 4) is 0 Å². The summed E-state index contributed by atoms with van der Waals surface area (Å²) in [6.07, 6.45) is -0.255. The predicted octanol–water partition coefficient (Wildman–Crippen LogP) is -0.220. The zero-order chi connectivity index (χ0) is 16.1. The van der Waals surface area contributed by atoms with Gasteiger partial charge in [0.25, 0.3) is 0 Å². The molecule has 0 heterocycles. The molecule has 0 bridgehead atoms. The van der Waals surface area contributed by atoms with Gasteiger partial charge in [0.1, 0.15) is 0 Å². The molecule has 0 saturated carbocycles. The molecular weight excluding hydrogens is 320 g/mol. The molecule has 1 rings (SSSR count). The molecule has 1 aromatic rings. The molecule has 0 fully saturated rings. The Balaban J connectivity index is 2.69. The Morgan fingerprint density at radius 3 is 2.24 bits per heavy atom. The van der Waals surface area contributed by atoms with Gasteiger partial charge in [-0.15, -0.1) is 0 Å². The summed E-state index contributed by atoms with van der Waals surface area (Å²) < 4.78 is 51.9. The normalized spacial score (nSPS) is 11.9. The molecule has 0 saturated heterocycles. The van der Waals surface area contributed by atoms with E-state index in [0.717, 1.165) is 0 Å². The lowest BCUT2D eigenvalue weighted by Crippen LogP contribution is -2.19. The fourth-order valence-electron chi connectivity index (χ4n) is 1.45. The number of hydrogen-bond acceptors (Lipinski definition) is 6. The van der Waals surface area contributed by atoms with Gasteiger partial charge in [-0.1, -0.05) is 12.1 Å². The second-order valence-corrected chi connectivity index (χ2v) is 7.71. The Kier molecular flexibility index (Phi) is 5.70. The van der Waals surface area contributed by atoms with Crippen molar-refractivity contribution >= 4 is 31.7 Å². The summed E-state index contributed by atoms with van der Waals surface area (Å²) in [6, 6.07) is 5.72. The number of methoxy groups -OCH3 is 1. The molecule has 0 spiro atoms. The number of sulfonamides is 2. The molecule has 0 aliphatic rings. The largest absolute Gasteiger partial charge is 0.469 e. The van der Waals surface area contributed by atoms with E-state index < -0.39 is 31.8 Å². The highest BCUT2D eigenvalue weighted by Gasteiger charge is 2.14. The summed E-state index contributed by atoms with van der Waals surface area (Å²) in [4.78, 5) is 10.9. The van der Waals surface area contributed by atoms with Gasteiger partial charge in [-0.25, -0.2) is 22.0 Å². The second-order valence-electron chi connectivity index (χ2n) is 4.25. The predicted molar refractivity (Wildman–Crippen MR) is 77.3 cm³/mol. The molecule has 10 heteroatoms. The summed E-state index contributed by atoms with van der Waals surface area (Å²) in [5.74, 6) is -1.36. The standard InChI is InChI=1S/C11H16N2O6S2/c1-19-11(14)6-7-21(17,18)13-10-4-2-9(3-5-10)8-20(12,15)16/h2-5,13H,6-8H2,1H3,(H2,12,15,16). The van der Waals surface area contributed by atoms with Crippen molar-refractivity contribution in [2.24, 2.45) is 5.14 Å². The molecule has 1 aromatic carbocycles. The average molecular weight is 336 g/mol. The minimum absolute atomic E-state index is 0.255. The minimum atomic E-state index is -3.68. The monoisotopic (exact) mass is 336 g/mol. The molecular formula is C11H16N2O6S2. The molecule has 21 heavy (non-hydrogen) atoms. The summed E-state index contributed by atoms with van der Waals surface area (Å²) in [7, 11) is -6.14. The van der Waals surface area contributed by atoms with E-state index in [0.29, 0.717) is 5.56 Å². The number of carbonyl (C=O) groups is 1. The molecule has 0 aliphatic carbocycles. The van der Waals surface area contributed by atoms with Gasteiger partial charge in [0.05, 0.1) is 25.0 Å². The number of nitrogens with two attached hydrogens (primary N) is 1. The summed E-state index contributed by atoms with van der Waals surface area (Å²) >= 11 is 0. The zero-order valence-electron chi connectivity index (χ0n) is 11.3. The van der Waals surface area contributed by atoms with Crippen LogP contribution < -0.4 is 9.86 Å². The zero-order valence-corrected chi connectivity index (χ0v) is 12.9. The third-order valence-corrected chi connectivity index (χ3v) is 4.42. The maximum absolute atomic E-state index is 11.7. The molecule has 0 amide bonds. The number of hydrogen-bond donors (Lipinski definition) is 2. The Bertz CT molecular complexity index is 695. The lowest BCUT2D eigenvalue weighted by molar-refractivity contribution is -0.140. The van der Waals surface area contributed by atoms with Crippen LogP contribution >= 0.6 is 0 Å². The van der Waals surface area contributed by atoms with Crippen LogP contribution in [0.4, 0.5) is 5.69 Å². The van der Waals surface area contributed by atoms with Crippen molar-refractivity contribution < 1.29 is 26.4 Å². The lowest BCUT2D eigenvalue weighted by Gasteiger charge is -2.08. The van der Waals surface area contributed by atoms with Crippen molar-refractivity contribution in [2.75, 3.05) is 17.6 Å². The summed E-state index contributed by atoms with van der Waals surface area (Å²) in [5, 5.41) is 4.91. The van der Waals surface area contributed by atoms with E-state index in [4.69, 9.17) is 5.14 Å². The van der Waals surface area contributed by atoms with Crippen LogP contribution in [0.1, 0.15) is 12.0 Å². The topological polar surface area (TPSA) is 133 Å². The summed E-state index contributed by atoms with van der Waals surface area (Å²) in [5.41, 5.74) is 0.702. The van der Waals surface area contributed by atoms with E-state index >= 15 is 0 Å². The Morgan fingerprint density at radius 2 is 1.76 bits per heavy atom. The van der Waals surface area contributed by atoms with Crippen LogP contribution in [0.2, 0.25) is 0 Å². The SMILES string of the molecule is COC(=O)CCS(=O)(=O)Nc1ccc(CS(N)(=O)=O)cc1. The summed E-state index contributed by atoms with van der Waals surface area (Å²) in [6.45, 7) is 0. The van der Waals surface area contributed by atoms with E-state index in [1.165, 1.54) is 31.4 Å². The van der Waals surface area contributed by atoms with E-state index in [1.807, 2.05) is 0 Å². The first-order valence-corrected chi connectivity index (χ1v) is 9.15. The van der Waals surface area contributed by atoms with Crippen LogP contribution in [-0.2, 0) is 35.3 Å². The van der Waals surface area contributed by atoms with E-state index in [-0.39, 0.29) is 17.9 Å². The minimum Gasteiger partial charge on any atom is -0.469 e. The molecule has 0 aliphatic heterocycles. The molecule has 8 nitrogen and oxygen atoms in total. The number of nitrogens with one attached hydrogen (secondary N) is 1. The van der Waals surface area contributed by atoms with E-state index in [2.05, 4.69) is 9.46 Å².